The van der Waals surface area contributed by atoms with Crippen molar-refractivity contribution in [3.63, 3.8) is 0 Å². The van der Waals surface area contributed by atoms with E-state index >= 15 is 0 Å². The Hall–Kier alpha value is -4.26. The number of hydrogen-bond acceptors (Lipinski definition) is 6. The molecule has 172 valence electrons. The number of carbonyl (C=O) groups is 2. The maximum absolute atomic E-state index is 12.8. The van der Waals surface area contributed by atoms with Gasteiger partial charge in [0.2, 0.25) is 5.78 Å². The van der Waals surface area contributed by atoms with Crippen LogP contribution in [0.15, 0.2) is 66.4 Å². The van der Waals surface area contributed by atoms with Crippen molar-refractivity contribution < 1.29 is 24.0 Å². The van der Waals surface area contributed by atoms with Crippen LogP contribution in [0.25, 0.3) is 6.08 Å². The zero-order valence-electron chi connectivity index (χ0n) is 19.2. The molecule has 0 bridgehead atoms. The highest BCUT2D eigenvalue weighted by Gasteiger charge is 2.30. The Bertz CT molecular complexity index is 1350. The lowest BCUT2D eigenvalue weighted by Crippen LogP contribution is -2.13. The van der Waals surface area contributed by atoms with Crippen molar-refractivity contribution in [1.29, 1.82) is 0 Å². The Morgan fingerprint density at radius 3 is 2.41 bits per heavy atom. The van der Waals surface area contributed by atoms with Gasteiger partial charge in [0, 0.05) is 17.7 Å². The normalized spacial score (nSPS) is 14.0. The second-order valence-corrected chi connectivity index (χ2v) is 9.07. The lowest BCUT2D eigenvalue weighted by molar-refractivity contribution is -0.384. The molecule has 7 nitrogen and oxygen atoms in total. The van der Waals surface area contributed by atoms with Crippen LogP contribution in [0.2, 0.25) is 0 Å². The van der Waals surface area contributed by atoms with Gasteiger partial charge < -0.3 is 9.47 Å². The maximum atomic E-state index is 12.8. The van der Waals surface area contributed by atoms with Gasteiger partial charge >= 0.3 is 5.97 Å². The first-order valence-corrected chi connectivity index (χ1v) is 10.7. The highest BCUT2D eigenvalue weighted by atomic mass is 16.6. The van der Waals surface area contributed by atoms with Gasteiger partial charge in [-0.15, -0.1) is 0 Å². The molecule has 4 rings (SSSR count). The van der Waals surface area contributed by atoms with E-state index in [0.29, 0.717) is 28.0 Å². The third-order valence-electron chi connectivity index (χ3n) is 5.60. The number of allylic oxidation sites excluding steroid dienone is 1. The predicted octanol–water partition coefficient (Wildman–Crippen LogP) is 6.04. The molecular weight excluding hydrogens is 434 g/mol. The Morgan fingerprint density at radius 2 is 1.76 bits per heavy atom. The molecular formula is C27H23NO6. The standard InChI is InChI=1S/C27H23NO6/c1-16-22(34-26(30)18-8-10-19(11-9-18)27(2,3)4)13-12-21-24(29)23(33-25(16)21)15-17-6-5-7-20(14-17)28(31)32/h5-15H,1-4H3/b23-15-. The molecule has 0 radical (unpaired) electrons. The van der Waals surface area contributed by atoms with Crippen molar-refractivity contribution in [2.24, 2.45) is 0 Å². The topological polar surface area (TPSA) is 95.7 Å². The van der Waals surface area contributed by atoms with Crippen molar-refractivity contribution >= 4 is 23.5 Å². The summed E-state index contributed by atoms with van der Waals surface area (Å²) in [5.41, 5.74) is 2.71. The molecule has 0 aliphatic carbocycles. The van der Waals surface area contributed by atoms with E-state index in [-0.39, 0.29) is 28.4 Å². The Kier molecular flexibility index (Phi) is 5.79. The van der Waals surface area contributed by atoms with Crippen LogP contribution < -0.4 is 9.47 Å². The number of Topliss-reactive ketones (excluding diaryl/α,β-unsaturated/α-hetero) is 1. The zero-order valence-corrected chi connectivity index (χ0v) is 19.2. The van der Waals surface area contributed by atoms with Crippen molar-refractivity contribution in [1.82, 2.24) is 0 Å². The fourth-order valence-electron chi connectivity index (χ4n) is 3.62. The van der Waals surface area contributed by atoms with Gasteiger partial charge in [0.15, 0.2) is 5.76 Å². The Morgan fingerprint density at radius 1 is 1.06 bits per heavy atom. The van der Waals surface area contributed by atoms with Crippen LogP contribution in [-0.2, 0) is 5.41 Å². The highest BCUT2D eigenvalue weighted by Crippen LogP contribution is 2.39. The van der Waals surface area contributed by atoms with Crippen molar-refractivity contribution in [2.45, 2.75) is 33.1 Å². The summed E-state index contributed by atoms with van der Waals surface area (Å²) >= 11 is 0. The van der Waals surface area contributed by atoms with E-state index in [4.69, 9.17) is 9.47 Å². The summed E-state index contributed by atoms with van der Waals surface area (Å²) < 4.78 is 11.4. The minimum atomic E-state index is -0.514. The number of nitro groups is 1. The fraction of sp³-hybridized carbons (Fsp3) is 0.185. The van der Waals surface area contributed by atoms with Crippen LogP contribution in [0.3, 0.4) is 0 Å². The molecule has 1 aliphatic rings. The number of nitrogens with zero attached hydrogens (tertiary/aromatic N) is 1. The summed E-state index contributed by atoms with van der Waals surface area (Å²) in [4.78, 5) is 36.0. The van der Waals surface area contributed by atoms with E-state index in [0.717, 1.165) is 5.56 Å². The second kappa shape index (κ2) is 8.59. The van der Waals surface area contributed by atoms with Crippen LogP contribution in [0.1, 0.15) is 58.2 Å². The summed E-state index contributed by atoms with van der Waals surface area (Å²) in [7, 11) is 0. The van der Waals surface area contributed by atoms with E-state index in [2.05, 4.69) is 20.8 Å². The average molecular weight is 457 g/mol. The van der Waals surface area contributed by atoms with Gasteiger partial charge in [-0.3, -0.25) is 14.9 Å². The number of ether oxygens (including phenoxy) is 2. The number of esters is 1. The van der Waals surface area contributed by atoms with Crippen molar-refractivity contribution in [3.05, 3.63) is 104 Å². The molecule has 0 N–H and O–H groups in total. The summed E-state index contributed by atoms with van der Waals surface area (Å²) in [5.74, 6) is -0.233. The number of ketones is 1. The van der Waals surface area contributed by atoms with Crippen LogP contribution in [0.5, 0.6) is 11.5 Å². The first-order chi connectivity index (χ1) is 16.0. The highest BCUT2D eigenvalue weighted by molar-refractivity contribution is 6.15. The molecule has 0 saturated heterocycles. The number of hydrogen-bond donors (Lipinski definition) is 0. The molecule has 0 fully saturated rings. The smallest absolute Gasteiger partial charge is 0.343 e. The van der Waals surface area contributed by atoms with Gasteiger partial charge in [0.1, 0.15) is 11.5 Å². The minimum Gasteiger partial charge on any atom is -0.452 e. The lowest BCUT2D eigenvalue weighted by atomic mass is 9.87. The number of rotatable bonds is 4. The number of carbonyl (C=O) groups excluding carboxylic acids is 2. The largest absolute Gasteiger partial charge is 0.452 e. The Labute approximate surface area is 196 Å². The van der Waals surface area contributed by atoms with Gasteiger partial charge in [-0.05, 0) is 53.8 Å². The van der Waals surface area contributed by atoms with Crippen LogP contribution in [0, 0.1) is 17.0 Å². The number of fused-ring (bicyclic) bond motifs is 1. The van der Waals surface area contributed by atoms with Crippen LogP contribution in [0.4, 0.5) is 5.69 Å². The molecule has 3 aromatic carbocycles. The van der Waals surface area contributed by atoms with Crippen molar-refractivity contribution in [2.75, 3.05) is 0 Å². The number of non-ortho nitro benzene ring substituents is 1. The summed E-state index contributed by atoms with van der Waals surface area (Å²) in [6, 6.07) is 16.3. The van der Waals surface area contributed by atoms with Crippen LogP contribution >= 0.6 is 0 Å². The van der Waals surface area contributed by atoms with Gasteiger partial charge in [-0.25, -0.2) is 4.79 Å². The van der Waals surface area contributed by atoms with E-state index in [1.165, 1.54) is 24.3 Å². The van der Waals surface area contributed by atoms with Gasteiger partial charge in [-0.1, -0.05) is 45.0 Å². The number of nitro benzene ring substituents is 1. The van der Waals surface area contributed by atoms with Gasteiger partial charge in [0.05, 0.1) is 16.1 Å². The molecule has 0 aromatic heterocycles. The quantitative estimate of drug-likeness (QED) is 0.156. The summed E-state index contributed by atoms with van der Waals surface area (Å²) in [6.45, 7) is 7.99. The fourth-order valence-corrected chi connectivity index (χ4v) is 3.62. The molecule has 3 aromatic rings. The summed E-state index contributed by atoms with van der Waals surface area (Å²) in [6.07, 6.45) is 1.46. The molecule has 1 heterocycles. The predicted molar refractivity (Wildman–Crippen MR) is 127 cm³/mol. The molecule has 34 heavy (non-hydrogen) atoms. The molecule has 1 aliphatic heterocycles. The third-order valence-corrected chi connectivity index (χ3v) is 5.60. The number of benzene rings is 3. The molecule has 0 amide bonds. The van der Waals surface area contributed by atoms with Crippen LogP contribution in [-0.4, -0.2) is 16.7 Å². The monoisotopic (exact) mass is 457 g/mol. The van der Waals surface area contributed by atoms with E-state index in [1.54, 1.807) is 37.3 Å². The minimum absolute atomic E-state index is 0.0290. The van der Waals surface area contributed by atoms with Crippen molar-refractivity contribution in [3.8, 4) is 11.5 Å². The SMILES string of the molecule is Cc1c(OC(=O)c2ccc(C(C)(C)C)cc2)ccc2c1O/C(=C\c1cccc([N+](=O)[O-])c1)C2=O. The maximum Gasteiger partial charge on any atom is 0.343 e. The molecule has 7 heteroatoms. The third kappa shape index (κ3) is 4.45. The molecule has 0 saturated carbocycles. The van der Waals surface area contributed by atoms with Gasteiger partial charge in [0.25, 0.3) is 5.69 Å². The summed E-state index contributed by atoms with van der Waals surface area (Å²) in [5, 5.41) is 11.0. The molecule has 0 spiro atoms. The first kappa shape index (κ1) is 22.9. The second-order valence-electron chi connectivity index (χ2n) is 9.07. The molecule has 0 atom stereocenters. The molecule has 0 unspecified atom stereocenters. The first-order valence-electron chi connectivity index (χ1n) is 10.7. The van der Waals surface area contributed by atoms with Gasteiger partial charge in [-0.2, -0.15) is 0 Å². The average Bonchev–Trinajstić information content (AvgIpc) is 3.11. The van der Waals surface area contributed by atoms with E-state index in [9.17, 15) is 19.7 Å². The van der Waals surface area contributed by atoms with E-state index < -0.39 is 10.9 Å². The van der Waals surface area contributed by atoms with E-state index in [1.807, 2.05) is 12.1 Å². The lowest BCUT2D eigenvalue weighted by Gasteiger charge is -2.19. The Balaban J connectivity index is 1.57. The zero-order chi connectivity index (χ0) is 24.6.